The van der Waals surface area contributed by atoms with Crippen molar-refractivity contribution in [2.45, 2.75) is 32.8 Å². The number of aryl methyl sites for hydroxylation is 1. The molecular weight excluding hydrogens is 240 g/mol. The van der Waals surface area contributed by atoms with Gasteiger partial charge >= 0.3 is 0 Å². The Balaban J connectivity index is 1.93. The van der Waals surface area contributed by atoms with Gasteiger partial charge in [-0.05, 0) is 38.0 Å². The van der Waals surface area contributed by atoms with Crippen molar-refractivity contribution in [2.75, 3.05) is 6.61 Å². The maximum atomic E-state index is 12.5. The number of ether oxygens (including phenoxy) is 1. The van der Waals surface area contributed by atoms with Gasteiger partial charge in [0, 0.05) is 12.0 Å². The quantitative estimate of drug-likeness (QED) is 0.787. The molecule has 0 aliphatic carbocycles. The number of Topliss-reactive ketones (excluding diaryl/α,β-unsaturated/α-hetero) is 1. The Labute approximate surface area is 112 Å². The lowest BCUT2D eigenvalue weighted by atomic mass is 9.93. The second kappa shape index (κ2) is 4.82. The number of hydrogen-bond donors (Lipinski definition) is 0. The minimum atomic E-state index is -0.0494. The van der Waals surface area contributed by atoms with Crippen LogP contribution < -0.4 is 0 Å². The Morgan fingerprint density at radius 2 is 2.21 bits per heavy atom. The molecule has 1 fully saturated rings. The smallest absolute Gasteiger partial charge is 0.203 e. The molecule has 2 heterocycles. The zero-order valence-corrected chi connectivity index (χ0v) is 11.3. The molecule has 1 aliphatic rings. The number of furan rings is 1. The molecule has 2 atom stereocenters. The van der Waals surface area contributed by atoms with Gasteiger partial charge in [0.25, 0.3) is 0 Å². The van der Waals surface area contributed by atoms with Crippen LogP contribution in [0.15, 0.2) is 28.7 Å². The van der Waals surface area contributed by atoms with Gasteiger partial charge in [0.2, 0.25) is 5.78 Å². The van der Waals surface area contributed by atoms with E-state index in [0.29, 0.717) is 12.4 Å². The predicted molar refractivity (Wildman–Crippen MR) is 73.4 cm³/mol. The lowest BCUT2D eigenvalue weighted by molar-refractivity contribution is 0.0670. The summed E-state index contributed by atoms with van der Waals surface area (Å²) in [5.74, 6) is 0.499. The molecule has 1 aromatic heterocycles. The minimum absolute atomic E-state index is 0.0439. The van der Waals surface area contributed by atoms with E-state index >= 15 is 0 Å². The molecule has 0 bridgehead atoms. The molecule has 3 heteroatoms. The van der Waals surface area contributed by atoms with E-state index in [2.05, 4.69) is 6.92 Å². The van der Waals surface area contributed by atoms with E-state index < -0.39 is 0 Å². The molecule has 1 aromatic carbocycles. The van der Waals surface area contributed by atoms with Crippen molar-refractivity contribution in [1.82, 2.24) is 0 Å². The van der Waals surface area contributed by atoms with E-state index in [4.69, 9.17) is 9.15 Å². The molecule has 0 amide bonds. The van der Waals surface area contributed by atoms with Crippen molar-refractivity contribution in [3.63, 3.8) is 0 Å². The van der Waals surface area contributed by atoms with Gasteiger partial charge in [-0.25, -0.2) is 0 Å². The third-order valence-electron chi connectivity index (χ3n) is 3.86. The zero-order chi connectivity index (χ0) is 13.4. The zero-order valence-electron chi connectivity index (χ0n) is 11.3. The second-order valence-electron chi connectivity index (χ2n) is 5.23. The van der Waals surface area contributed by atoms with Gasteiger partial charge in [-0.15, -0.1) is 0 Å². The standard InChI is InChI=1S/C16H18O3/c1-3-13-12(6-7-18-13)16(17)15-9-11-8-10(2)4-5-14(11)19-15/h4-5,8-9,12-13H,3,6-7H2,1-2H3. The summed E-state index contributed by atoms with van der Waals surface area (Å²) in [7, 11) is 0. The monoisotopic (exact) mass is 258 g/mol. The molecule has 2 aromatic rings. The summed E-state index contributed by atoms with van der Waals surface area (Å²) in [6.07, 6.45) is 1.71. The summed E-state index contributed by atoms with van der Waals surface area (Å²) in [5, 5.41) is 0.996. The number of hydrogen-bond acceptors (Lipinski definition) is 3. The summed E-state index contributed by atoms with van der Waals surface area (Å²) >= 11 is 0. The highest BCUT2D eigenvalue weighted by atomic mass is 16.5. The highest BCUT2D eigenvalue weighted by molar-refractivity contribution is 5.99. The SMILES string of the molecule is CCC1OCCC1C(=O)c1cc2cc(C)ccc2o1. The van der Waals surface area contributed by atoms with E-state index in [1.54, 1.807) is 0 Å². The Morgan fingerprint density at radius 3 is 3.00 bits per heavy atom. The molecule has 100 valence electrons. The van der Waals surface area contributed by atoms with Gasteiger partial charge in [0.1, 0.15) is 5.58 Å². The molecule has 3 nitrogen and oxygen atoms in total. The Kier molecular flexibility index (Phi) is 3.15. The predicted octanol–water partition coefficient (Wildman–Crippen LogP) is 3.74. The minimum Gasteiger partial charge on any atom is -0.453 e. The van der Waals surface area contributed by atoms with Crippen molar-refractivity contribution in [2.24, 2.45) is 5.92 Å². The van der Waals surface area contributed by atoms with Crippen LogP contribution in [0.4, 0.5) is 0 Å². The fourth-order valence-electron chi connectivity index (χ4n) is 2.82. The van der Waals surface area contributed by atoms with Crippen LogP contribution in [0.2, 0.25) is 0 Å². The third kappa shape index (κ3) is 2.19. The number of rotatable bonds is 3. The molecule has 1 saturated heterocycles. The van der Waals surface area contributed by atoms with Crippen LogP contribution in [0.1, 0.15) is 35.9 Å². The highest BCUT2D eigenvalue weighted by Crippen LogP contribution is 2.29. The lowest BCUT2D eigenvalue weighted by Crippen LogP contribution is -2.23. The number of fused-ring (bicyclic) bond motifs is 1. The molecule has 0 spiro atoms. The lowest BCUT2D eigenvalue weighted by Gasteiger charge is -2.13. The highest BCUT2D eigenvalue weighted by Gasteiger charge is 2.34. The molecule has 3 rings (SSSR count). The Bertz CT molecular complexity index is 611. The Hall–Kier alpha value is -1.61. The first kappa shape index (κ1) is 12.4. The van der Waals surface area contributed by atoms with Crippen molar-refractivity contribution < 1.29 is 13.9 Å². The molecule has 19 heavy (non-hydrogen) atoms. The molecule has 0 radical (unpaired) electrons. The normalized spacial score (nSPS) is 23.1. The van der Waals surface area contributed by atoms with Crippen molar-refractivity contribution in [3.8, 4) is 0 Å². The maximum Gasteiger partial charge on any atom is 0.203 e. The van der Waals surface area contributed by atoms with E-state index in [-0.39, 0.29) is 17.8 Å². The first-order chi connectivity index (χ1) is 9.19. The molecular formula is C16H18O3. The van der Waals surface area contributed by atoms with Gasteiger partial charge in [-0.3, -0.25) is 4.79 Å². The third-order valence-corrected chi connectivity index (χ3v) is 3.86. The van der Waals surface area contributed by atoms with Crippen molar-refractivity contribution in [3.05, 3.63) is 35.6 Å². The van der Waals surface area contributed by atoms with Crippen LogP contribution in [0, 0.1) is 12.8 Å². The first-order valence-corrected chi connectivity index (χ1v) is 6.85. The topological polar surface area (TPSA) is 39.4 Å². The van der Waals surface area contributed by atoms with Crippen molar-refractivity contribution >= 4 is 16.8 Å². The average molecular weight is 258 g/mol. The summed E-state index contributed by atoms with van der Waals surface area (Å²) in [5.41, 5.74) is 1.95. The van der Waals surface area contributed by atoms with Gasteiger partial charge in [-0.1, -0.05) is 18.6 Å². The van der Waals surface area contributed by atoms with Gasteiger partial charge in [0.15, 0.2) is 5.76 Å². The maximum absolute atomic E-state index is 12.5. The van der Waals surface area contributed by atoms with E-state index in [0.717, 1.165) is 23.8 Å². The molecule has 0 saturated carbocycles. The fourth-order valence-corrected chi connectivity index (χ4v) is 2.82. The number of carbonyl (C=O) groups is 1. The van der Waals surface area contributed by atoms with E-state index in [1.807, 2.05) is 31.2 Å². The average Bonchev–Trinajstić information content (AvgIpc) is 3.03. The van der Waals surface area contributed by atoms with Crippen LogP contribution in [0.25, 0.3) is 11.0 Å². The van der Waals surface area contributed by atoms with Crippen molar-refractivity contribution in [1.29, 1.82) is 0 Å². The summed E-state index contributed by atoms with van der Waals surface area (Å²) in [4.78, 5) is 12.5. The number of ketones is 1. The fraction of sp³-hybridized carbons (Fsp3) is 0.438. The van der Waals surface area contributed by atoms with Gasteiger partial charge < -0.3 is 9.15 Å². The van der Waals surface area contributed by atoms with Crippen LogP contribution in [0.3, 0.4) is 0 Å². The van der Waals surface area contributed by atoms with Crippen LogP contribution in [-0.4, -0.2) is 18.5 Å². The van der Waals surface area contributed by atoms with Gasteiger partial charge in [-0.2, -0.15) is 0 Å². The van der Waals surface area contributed by atoms with E-state index in [9.17, 15) is 4.79 Å². The summed E-state index contributed by atoms with van der Waals surface area (Å²) in [6.45, 7) is 4.76. The number of benzene rings is 1. The van der Waals surface area contributed by atoms with Crippen LogP contribution >= 0.6 is 0 Å². The van der Waals surface area contributed by atoms with Crippen LogP contribution in [0.5, 0.6) is 0 Å². The first-order valence-electron chi connectivity index (χ1n) is 6.85. The molecule has 0 N–H and O–H groups in total. The van der Waals surface area contributed by atoms with Gasteiger partial charge in [0.05, 0.1) is 12.0 Å². The summed E-state index contributed by atoms with van der Waals surface area (Å²) in [6, 6.07) is 7.81. The molecule has 2 unspecified atom stereocenters. The molecule has 1 aliphatic heterocycles. The largest absolute Gasteiger partial charge is 0.453 e. The number of carbonyl (C=O) groups excluding carboxylic acids is 1. The second-order valence-corrected chi connectivity index (χ2v) is 5.23. The van der Waals surface area contributed by atoms with Crippen LogP contribution in [-0.2, 0) is 4.74 Å². The Morgan fingerprint density at radius 1 is 1.37 bits per heavy atom. The summed E-state index contributed by atoms with van der Waals surface area (Å²) < 4.78 is 11.3. The van der Waals surface area contributed by atoms with E-state index in [1.165, 1.54) is 5.56 Å².